The molecule has 0 atom stereocenters. The predicted molar refractivity (Wildman–Crippen MR) is 108 cm³/mol. The van der Waals surface area contributed by atoms with Gasteiger partial charge in [0, 0.05) is 16.7 Å². The van der Waals surface area contributed by atoms with Crippen molar-refractivity contribution in [3.63, 3.8) is 0 Å². The second kappa shape index (κ2) is 9.28. The highest BCUT2D eigenvalue weighted by Crippen LogP contribution is 2.50. The van der Waals surface area contributed by atoms with Crippen LogP contribution in [-0.4, -0.2) is 55.2 Å². The number of alkyl halides is 6. The standard InChI is InChI=1S/C18H14F3N3O3S.C2HF3O2/c19-18(20,21)28-13-3-1-12(2-4-13)24-15(26)17(6-7-17)23(16(24)27)10-11-5-8-22-9-14(11)25;3-2(4,5)1(6)7/h1-5,8-9,25H,6-7,10H2;(H,6,7). The zero-order chi connectivity index (χ0) is 26.2. The third-order valence-electron chi connectivity index (χ3n) is 5.05. The second-order valence-electron chi connectivity index (χ2n) is 7.39. The fraction of sp³-hybridized carbons (Fsp3) is 0.300. The number of pyridine rings is 1. The molecule has 1 saturated heterocycles. The number of anilines is 1. The van der Waals surface area contributed by atoms with E-state index in [1.165, 1.54) is 41.6 Å². The van der Waals surface area contributed by atoms with Crippen LogP contribution in [0.3, 0.4) is 0 Å². The Kier molecular flexibility index (Phi) is 6.93. The van der Waals surface area contributed by atoms with E-state index in [-0.39, 0.29) is 34.6 Å². The van der Waals surface area contributed by atoms with Gasteiger partial charge in [0.2, 0.25) is 0 Å². The summed E-state index contributed by atoms with van der Waals surface area (Å²) in [5.41, 5.74) is -4.69. The lowest BCUT2D eigenvalue weighted by atomic mass is 10.2. The van der Waals surface area contributed by atoms with E-state index in [1.54, 1.807) is 6.07 Å². The zero-order valence-corrected chi connectivity index (χ0v) is 18.1. The maximum Gasteiger partial charge on any atom is 0.490 e. The maximum atomic E-state index is 12.9. The number of halogens is 6. The van der Waals surface area contributed by atoms with Crippen LogP contribution in [0, 0.1) is 0 Å². The summed E-state index contributed by atoms with van der Waals surface area (Å²) in [5.74, 6) is -3.24. The van der Waals surface area contributed by atoms with Crippen molar-refractivity contribution in [2.24, 2.45) is 0 Å². The van der Waals surface area contributed by atoms with Crippen LogP contribution in [0.1, 0.15) is 18.4 Å². The van der Waals surface area contributed by atoms with E-state index in [2.05, 4.69) is 4.98 Å². The van der Waals surface area contributed by atoms with E-state index in [9.17, 15) is 41.0 Å². The molecule has 1 aromatic heterocycles. The van der Waals surface area contributed by atoms with E-state index in [1.807, 2.05) is 0 Å². The molecule has 0 unspecified atom stereocenters. The number of amides is 3. The minimum atomic E-state index is -5.08. The topological polar surface area (TPSA) is 111 Å². The molecule has 8 nitrogen and oxygen atoms in total. The number of rotatable bonds is 4. The highest BCUT2D eigenvalue weighted by Gasteiger charge is 2.65. The molecule has 3 amide bonds. The Labute approximate surface area is 197 Å². The Morgan fingerprint density at radius 2 is 1.63 bits per heavy atom. The summed E-state index contributed by atoms with van der Waals surface area (Å²) < 4.78 is 69.2. The van der Waals surface area contributed by atoms with Gasteiger partial charge in [0.1, 0.15) is 11.3 Å². The van der Waals surface area contributed by atoms with E-state index < -0.39 is 35.1 Å². The fourth-order valence-corrected chi connectivity index (χ4v) is 3.82. The van der Waals surface area contributed by atoms with Gasteiger partial charge in [-0.1, -0.05) is 0 Å². The average molecular weight is 523 g/mol. The van der Waals surface area contributed by atoms with Gasteiger partial charge in [0.05, 0.1) is 18.4 Å². The molecule has 188 valence electrons. The number of hydrogen-bond acceptors (Lipinski definition) is 6. The fourth-order valence-electron chi connectivity index (χ4n) is 3.28. The lowest BCUT2D eigenvalue weighted by Crippen LogP contribution is -2.36. The van der Waals surface area contributed by atoms with Crippen molar-refractivity contribution >= 4 is 35.4 Å². The summed E-state index contributed by atoms with van der Waals surface area (Å²) >= 11 is -0.263. The van der Waals surface area contributed by atoms with Crippen LogP contribution in [0.25, 0.3) is 0 Å². The van der Waals surface area contributed by atoms with Crippen LogP contribution >= 0.6 is 11.8 Å². The van der Waals surface area contributed by atoms with Gasteiger partial charge in [-0.05, 0) is 54.9 Å². The zero-order valence-electron chi connectivity index (χ0n) is 17.3. The lowest BCUT2D eigenvalue weighted by molar-refractivity contribution is -0.192. The van der Waals surface area contributed by atoms with Crippen molar-refractivity contribution in [1.29, 1.82) is 0 Å². The smallest absolute Gasteiger partial charge is 0.490 e. The Balaban J connectivity index is 0.000000429. The molecule has 1 saturated carbocycles. The second-order valence-corrected chi connectivity index (χ2v) is 8.53. The summed E-state index contributed by atoms with van der Waals surface area (Å²) in [6.45, 7) is 0.0391. The molecule has 2 aromatic rings. The van der Waals surface area contributed by atoms with Gasteiger partial charge in [-0.3, -0.25) is 9.78 Å². The molecule has 2 fully saturated rings. The Morgan fingerprint density at radius 3 is 2.09 bits per heavy atom. The number of hydrogen-bond donors (Lipinski definition) is 2. The van der Waals surface area contributed by atoms with Gasteiger partial charge in [-0.15, -0.1) is 0 Å². The van der Waals surface area contributed by atoms with E-state index >= 15 is 0 Å². The third kappa shape index (κ3) is 5.78. The summed E-state index contributed by atoms with van der Waals surface area (Å²) in [6, 6.07) is 6.11. The highest BCUT2D eigenvalue weighted by molar-refractivity contribution is 8.00. The van der Waals surface area contributed by atoms with Crippen molar-refractivity contribution < 1.29 is 50.9 Å². The Morgan fingerprint density at radius 1 is 1.06 bits per heavy atom. The van der Waals surface area contributed by atoms with Crippen LogP contribution in [0.4, 0.5) is 36.8 Å². The van der Waals surface area contributed by atoms with Gasteiger partial charge in [-0.2, -0.15) is 26.3 Å². The van der Waals surface area contributed by atoms with Gasteiger partial charge < -0.3 is 15.1 Å². The number of carboxylic acid groups (broad SMARTS) is 1. The SMILES string of the molecule is O=C(O)C(F)(F)F.O=C1N(c2ccc(SC(F)(F)F)cc2)C(=O)C2(CC2)N1Cc1ccncc1O. The largest absolute Gasteiger partial charge is 0.506 e. The molecule has 2 aliphatic rings. The van der Waals surface area contributed by atoms with Crippen LogP contribution in [0.5, 0.6) is 5.75 Å². The number of aromatic hydroxyl groups is 1. The first kappa shape index (κ1) is 26.1. The Bertz CT molecular complexity index is 1140. The minimum absolute atomic E-state index is 0.0324. The predicted octanol–water partition coefficient (Wildman–Crippen LogP) is 4.53. The molecule has 0 radical (unpaired) electrons. The third-order valence-corrected chi connectivity index (χ3v) is 5.79. The molecular formula is C20H15F6N3O5S. The quantitative estimate of drug-likeness (QED) is 0.344. The monoisotopic (exact) mass is 523 g/mol. The van der Waals surface area contributed by atoms with Crippen LogP contribution in [-0.2, 0) is 16.1 Å². The van der Waals surface area contributed by atoms with Gasteiger partial charge >= 0.3 is 23.7 Å². The average Bonchev–Trinajstić information content (AvgIpc) is 3.51. The number of nitrogens with zero attached hydrogens (tertiary/aromatic N) is 3. The molecule has 4 rings (SSSR count). The summed E-state index contributed by atoms with van der Waals surface area (Å²) in [7, 11) is 0. The van der Waals surface area contributed by atoms with Gasteiger partial charge in [-0.25, -0.2) is 14.5 Å². The van der Waals surface area contributed by atoms with Crippen molar-refractivity contribution in [3.05, 3.63) is 48.3 Å². The highest BCUT2D eigenvalue weighted by atomic mass is 32.2. The summed E-state index contributed by atoms with van der Waals surface area (Å²) in [5, 5.41) is 17.1. The van der Waals surface area contributed by atoms with E-state index in [0.717, 1.165) is 4.90 Å². The molecule has 35 heavy (non-hydrogen) atoms. The number of carbonyl (C=O) groups excluding carboxylic acids is 2. The number of imide groups is 1. The molecule has 15 heteroatoms. The van der Waals surface area contributed by atoms with E-state index in [0.29, 0.717) is 18.4 Å². The molecular weight excluding hydrogens is 508 g/mol. The van der Waals surface area contributed by atoms with Crippen molar-refractivity contribution in [3.8, 4) is 5.75 Å². The number of carbonyl (C=O) groups is 3. The van der Waals surface area contributed by atoms with E-state index in [4.69, 9.17) is 9.90 Å². The summed E-state index contributed by atoms with van der Waals surface area (Å²) in [4.78, 5) is 40.9. The summed E-state index contributed by atoms with van der Waals surface area (Å²) in [6.07, 6.45) is -1.35. The first-order valence-electron chi connectivity index (χ1n) is 9.60. The normalized spacial score (nSPS) is 16.9. The minimum Gasteiger partial charge on any atom is -0.506 e. The van der Waals surface area contributed by atoms with Crippen molar-refractivity contribution in [2.75, 3.05) is 4.90 Å². The van der Waals surface area contributed by atoms with Crippen molar-refractivity contribution in [1.82, 2.24) is 9.88 Å². The maximum absolute atomic E-state index is 12.9. The first-order valence-corrected chi connectivity index (χ1v) is 10.4. The molecule has 2 N–H and O–H groups in total. The van der Waals surface area contributed by atoms with Crippen LogP contribution in [0.15, 0.2) is 47.6 Å². The molecule has 1 aliphatic heterocycles. The lowest BCUT2D eigenvalue weighted by Gasteiger charge is -2.21. The van der Waals surface area contributed by atoms with Crippen molar-refractivity contribution in [2.45, 2.75) is 41.5 Å². The first-order chi connectivity index (χ1) is 16.2. The van der Waals surface area contributed by atoms with Crippen LogP contribution < -0.4 is 4.90 Å². The molecule has 2 heterocycles. The number of thioether (sulfide) groups is 1. The Hall–Kier alpha value is -3.49. The molecule has 0 bridgehead atoms. The number of aliphatic carboxylic acids is 1. The van der Waals surface area contributed by atoms with Gasteiger partial charge in [0.25, 0.3) is 5.91 Å². The number of aromatic nitrogens is 1. The molecule has 1 spiro atoms. The molecule has 1 aliphatic carbocycles. The van der Waals surface area contributed by atoms with Gasteiger partial charge in [0.15, 0.2) is 0 Å². The number of carboxylic acids is 1. The number of urea groups is 1. The number of benzene rings is 1. The van der Waals surface area contributed by atoms with Crippen LogP contribution in [0.2, 0.25) is 0 Å². The molecule has 1 aromatic carbocycles.